The van der Waals surface area contributed by atoms with Crippen molar-refractivity contribution in [1.82, 2.24) is 0 Å². The second-order valence-electron chi connectivity index (χ2n) is 2.75. The Hall–Kier alpha value is -1.31. The molecule has 0 heterocycles. The van der Waals surface area contributed by atoms with Gasteiger partial charge in [-0.15, -0.1) is 0 Å². The second kappa shape index (κ2) is 4.65. The van der Waals surface area contributed by atoms with E-state index in [2.05, 4.69) is 6.58 Å². The van der Waals surface area contributed by atoms with E-state index in [1.54, 1.807) is 6.08 Å². The molecule has 70 valence electrons. The Morgan fingerprint density at radius 3 is 2.85 bits per heavy atom. The average Bonchev–Trinajstić information content (AvgIpc) is 2.14. The smallest absolute Gasteiger partial charge is 0.127 e. The highest BCUT2D eigenvalue weighted by molar-refractivity contribution is 5.29. The predicted molar refractivity (Wildman–Crippen MR) is 51.5 cm³/mol. The molecular weight excluding hydrogens is 167 g/mol. The summed E-state index contributed by atoms with van der Waals surface area (Å²) in [7, 11) is 0. The standard InChI is InChI=1S/C11H13FO/c1-3-5-13-11-7-9(4-2)6-10(12)8-11/h3,6-8H,1,4-5H2,2H3. The lowest BCUT2D eigenvalue weighted by Crippen LogP contribution is -1.94. The average molecular weight is 180 g/mol. The van der Waals surface area contributed by atoms with Gasteiger partial charge in [0.2, 0.25) is 0 Å². The summed E-state index contributed by atoms with van der Waals surface area (Å²) in [6.07, 6.45) is 2.44. The van der Waals surface area contributed by atoms with Crippen molar-refractivity contribution in [2.45, 2.75) is 13.3 Å². The van der Waals surface area contributed by atoms with Crippen molar-refractivity contribution < 1.29 is 9.13 Å². The van der Waals surface area contributed by atoms with Gasteiger partial charge in [-0.3, -0.25) is 0 Å². The molecule has 0 aliphatic heterocycles. The Balaban J connectivity index is 2.81. The first-order valence-electron chi connectivity index (χ1n) is 4.29. The molecule has 1 nitrogen and oxygen atoms in total. The molecule has 0 aromatic heterocycles. The lowest BCUT2D eigenvalue weighted by Gasteiger charge is -2.05. The third kappa shape index (κ3) is 2.90. The molecule has 2 heteroatoms. The lowest BCUT2D eigenvalue weighted by molar-refractivity contribution is 0.360. The highest BCUT2D eigenvalue weighted by atomic mass is 19.1. The lowest BCUT2D eigenvalue weighted by atomic mass is 10.1. The number of hydrogen-bond acceptors (Lipinski definition) is 1. The van der Waals surface area contributed by atoms with Crippen LogP contribution in [-0.4, -0.2) is 6.61 Å². The first kappa shape index (κ1) is 9.78. The number of rotatable bonds is 4. The van der Waals surface area contributed by atoms with E-state index in [4.69, 9.17) is 4.74 Å². The number of aryl methyl sites for hydroxylation is 1. The Labute approximate surface area is 77.8 Å². The van der Waals surface area contributed by atoms with Gasteiger partial charge in [0.1, 0.15) is 18.2 Å². The molecule has 13 heavy (non-hydrogen) atoms. The second-order valence-corrected chi connectivity index (χ2v) is 2.75. The normalized spacial score (nSPS) is 9.69. The zero-order valence-corrected chi connectivity index (χ0v) is 7.72. The number of hydrogen-bond donors (Lipinski definition) is 0. The Morgan fingerprint density at radius 2 is 2.23 bits per heavy atom. The molecule has 0 aliphatic carbocycles. The molecule has 0 radical (unpaired) electrons. The minimum Gasteiger partial charge on any atom is -0.489 e. The summed E-state index contributed by atoms with van der Waals surface area (Å²) in [5, 5.41) is 0. The minimum atomic E-state index is -0.251. The third-order valence-electron chi connectivity index (χ3n) is 1.71. The van der Waals surface area contributed by atoms with Crippen LogP contribution in [0.15, 0.2) is 30.9 Å². The largest absolute Gasteiger partial charge is 0.489 e. The zero-order chi connectivity index (χ0) is 9.68. The molecule has 0 fully saturated rings. The van der Waals surface area contributed by atoms with E-state index < -0.39 is 0 Å². The minimum absolute atomic E-state index is 0.251. The fraction of sp³-hybridized carbons (Fsp3) is 0.273. The van der Waals surface area contributed by atoms with Crippen molar-refractivity contribution in [2.75, 3.05) is 6.61 Å². The summed E-state index contributed by atoms with van der Waals surface area (Å²) in [5.74, 6) is 0.315. The Morgan fingerprint density at radius 1 is 1.46 bits per heavy atom. The molecule has 1 rings (SSSR count). The fourth-order valence-electron chi connectivity index (χ4n) is 1.06. The molecular formula is C11H13FO. The van der Waals surface area contributed by atoms with Crippen LogP contribution in [0.1, 0.15) is 12.5 Å². The van der Waals surface area contributed by atoms with Gasteiger partial charge in [-0.2, -0.15) is 0 Å². The van der Waals surface area contributed by atoms with Crippen molar-refractivity contribution in [2.24, 2.45) is 0 Å². The Bertz CT molecular complexity index is 294. The van der Waals surface area contributed by atoms with Gasteiger partial charge in [0.25, 0.3) is 0 Å². The summed E-state index contributed by atoms with van der Waals surface area (Å²) >= 11 is 0. The molecule has 1 aromatic carbocycles. The van der Waals surface area contributed by atoms with Gasteiger partial charge >= 0.3 is 0 Å². The van der Waals surface area contributed by atoms with Gasteiger partial charge in [0.15, 0.2) is 0 Å². The summed E-state index contributed by atoms with van der Waals surface area (Å²) in [5.41, 5.74) is 0.944. The van der Waals surface area contributed by atoms with Crippen LogP contribution in [0, 0.1) is 5.82 Å². The van der Waals surface area contributed by atoms with Crippen LogP contribution < -0.4 is 4.74 Å². The zero-order valence-electron chi connectivity index (χ0n) is 7.72. The van der Waals surface area contributed by atoms with Crippen molar-refractivity contribution in [3.8, 4) is 5.75 Å². The summed E-state index contributed by atoms with van der Waals surface area (Å²) in [4.78, 5) is 0. The maximum absolute atomic E-state index is 12.9. The van der Waals surface area contributed by atoms with Crippen LogP contribution in [0.3, 0.4) is 0 Å². The molecule has 0 spiro atoms. The molecule has 1 aromatic rings. The number of halogens is 1. The van der Waals surface area contributed by atoms with Gasteiger partial charge in [-0.05, 0) is 24.1 Å². The molecule has 0 saturated heterocycles. The van der Waals surface area contributed by atoms with Crippen molar-refractivity contribution in [3.63, 3.8) is 0 Å². The molecule has 0 bridgehead atoms. The van der Waals surface area contributed by atoms with Gasteiger partial charge in [0, 0.05) is 6.07 Å². The van der Waals surface area contributed by atoms with Gasteiger partial charge in [-0.1, -0.05) is 19.6 Å². The quantitative estimate of drug-likeness (QED) is 0.647. The van der Waals surface area contributed by atoms with Crippen LogP contribution >= 0.6 is 0 Å². The molecule has 0 unspecified atom stereocenters. The molecule has 0 amide bonds. The van der Waals surface area contributed by atoms with Crippen LogP contribution in [0.2, 0.25) is 0 Å². The number of ether oxygens (including phenoxy) is 1. The maximum atomic E-state index is 12.9. The van der Waals surface area contributed by atoms with Crippen molar-refractivity contribution >= 4 is 0 Å². The van der Waals surface area contributed by atoms with Crippen molar-refractivity contribution in [1.29, 1.82) is 0 Å². The summed E-state index contributed by atoms with van der Waals surface area (Å²) in [6, 6.07) is 4.73. The van der Waals surface area contributed by atoms with Crippen LogP contribution in [0.25, 0.3) is 0 Å². The van der Waals surface area contributed by atoms with E-state index >= 15 is 0 Å². The molecule has 0 N–H and O–H groups in total. The molecule has 0 atom stereocenters. The van der Waals surface area contributed by atoms with E-state index in [1.807, 2.05) is 13.0 Å². The monoisotopic (exact) mass is 180 g/mol. The highest BCUT2D eigenvalue weighted by Gasteiger charge is 1.99. The number of benzene rings is 1. The van der Waals surface area contributed by atoms with Crippen LogP contribution in [0.4, 0.5) is 4.39 Å². The molecule has 0 aliphatic rings. The van der Waals surface area contributed by atoms with Crippen LogP contribution in [0.5, 0.6) is 5.75 Å². The van der Waals surface area contributed by atoms with Gasteiger partial charge in [-0.25, -0.2) is 4.39 Å². The maximum Gasteiger partial charge on any atom is 0.127 e. The third-order valence-corrected chi connectivity index (χ3v) is 1.71. The Kier molecular flexibility index (Phi) is 3.50. The summed E-state index contributed by atoms with van der Waals surface area (Å²) in [6.45, 7) is 5.91. The van der Waals surface area contributed by atoms with E-state index in [9.17, 15) is 4.39 Å². The van der Waals surface area contributed by atoms with E-state index in [-0.39, 0.29) is 5.82 Å². The highest BCUT2D eigenvalue weighted by Crippen LogP contribution is 2.16. The predicted octanol–water partition coefficient (Wildman–Crippen LogP) is 2.95. The topological polar surface area (TPSA) is 9.23 Å². The van der Waals surface area contributed by atoms with Gasteiger partial charge in [0.05, 0.1) is 0 Å². The first-order valence-corrected chi connectivity index (χ1v) is 4.29. The van der Waals surface area contributed by atoms with Crippen LogP contribution in [-0.2, 0) is 6.42 Å². The molecule has 0 saturated carbocycles. The summed E-state index contributed by atoms with van der Waals surface area (Å²) < 4.78 is 18.2. The van der Waals surface area contributed by atoms with E-state index in [0.717, 1.165) is 12.0 Å². The fourth-order valence-corrected chi connectivity index (χ4v) is 1.06. The SMILES string of the molecule is C=CCOc1cc(F)cc(CC)c1. The van der Waals surface area contributed by atoms with E-state index in [1.165, 1.54) is 12.1 Å². The first-order chi connectivity index (χ1) is 6.26. The van der Waals surface area contributed by atoms with E-state index in [0.29, 0.717) is 12.4 Å². The van der Waals surface area contributed by atoms with Gasteiger partial charge < -0.3 is 4.74 Å². The van der Waals surface area contributed by atoms with Crippen molar-refractivity contribution in [3.05, 3.63) is 42.2 Å².